The van der Waals surface area contributed by atoms with E-state index in [-0.39, 0.29) is 18.9 Å². The summed E-state index contributed by atoms with van der Waals surface area (Å²) in [6, 6.07) is 0. The number of hydrogen-bond acceptors (Lipinski definition) is 4. The molecule has 0 atom stereocenters. The molecule has 0 spiro atoms. The molecular formula is C2BLiO4. The van der Waals surface area contributed by atoms with E-state index in [2.05, 4.69) is 12.7 Å². The largest absolute Gasteiger partial charge is 1.00 e. The van der Waals surface area contributed by atoms with Crippen molar-refractivity contribution < 1.29 is 38.2 Å². The number of carboxylic acid groups (broad SMARTS) is 1. The smallest absolute Gasteiger partial charge is 0.539 e. The Morgan fingerprint density at radius 3 is 1.88 bits per heavy atom. The number of rotatable bonds is 0. The molecule has 0 bridgehead atoms. The Bertz CT molecular complexity index is 102. The van der Waals surface area contributed by atoms with Gasteiger partial charge >= 0.3 is 32.9 Å². The van der Waals surface area contributed by atoms with Crippen LogP contribution in [0, 0.1) is 0 Å². The fourth-order valence-corrected chi connectivity index (χ4v) is 0.0481. The van der Waals surface area contributed by atoms with Gasteiger partial charge in [-0.2, -0.15) is 0 Å². The zero-order valence-corrected chi connectivity index (χ0v) is 4.21. The fraction of sp³-hybridized carbons (Fsp3) is 0. The predicted octanol–water partition coefficient (Wildman–Crippen LogP) is -5.63. The SMILES string of the molecule is [B]OC(=O)C(=O)[O-].[Li+]. The minimum Gasteiger partial charge on any atom is -0.539 e. The molecule has 8 heavy (non-hydrogen) atoms. The number of carbonyl (C=O) groups is 2. The molecule has 0 saturated heterocycles. The molecule has 0 saturated carbocycles. The van der Waals surface area contributed by atoms with Crippen molar-refractivity contribution in [2.24, 2.45) is 0 Å². The summed E-state index contributed by atoms with van der Waals surface area (Å²) in [5, 5.41) is 9.26. The number of carbonyl (C=O) groups excluding carboxylic acids is 2. The monoisotopic (exact) mass is 106 g/mol. The molecule has 0 fully saturated rings. The molecule has 0 aliphatic heterocycles. The minimum absolute atomic E-state index is 0. The molecule has 0 aliphatic rings. The van der Waals surface area contributed by atoms with E-state index in [0.717, 1.165) is 0 Å². The van der Waals surface area contributed by atoms with Crippen LogP contribution in [0.25, 0.3) is 0 Å². The Kier molecular flexibility index (Phi) is 6.27. The van der Waals surface area contributed by atoms with Crippen molar-refractivity contribution in [2.75, 3.05) is 0 Å². The van der Waals surface area contributed by atoms with Crippen LogP contribution >= 0.6 is 0 Å². The number of aliphatic carboxylic acids is 1. The van der Waals surface area contributed by atoms with E-state index < -0.39 is 11.9 Å². The van der Waals surface area contributed by atoms with Crippen molar-refractivity contribution in [3.05, 3.63) is 0 Å². The Morgan fingerprint density at radius 2 is 1.88 bits per heavy atom. The van der Waals surface area contributed by atoms with Gasteiger partial charge in [0.1, 0.15) is 0 Å². The van der Waals surface area contributed by atoms with Crippen LogP contribution in [0.15, 0.2) is 0 Å². The van der Waals surface area contributed by atoms with Gasteiger partial charge in [-0.25, -0.2) is 4.79 Å². The molecule has 0 aliphatic carbocycles. The summed E-state index contributed by atoms with van der Waals surface area (Å²) >= 11 is 0. The van der Waals surface area contributed by atoms with E-state index in [0.29, 0.717) is 0 Å². The van der Waals surface area contributed by atoms with Crippen LogP contribution in [0.5, 0.6) is 0 Å². The Morgan fingerprint density at radius 1 is 1.50 bits per heavy atom. The molecule has 36 valence electrons. The van der Waals surface area contributed by atoms with Crippen molar-refractivity contribution >= 4 is 20.0 Å². The molecule has 0 aromatic heterocycles. The minimum atomic E-state index is -1.94. The van der Waals surface area contributed by atoms with Crippen LogP contribution in [-0.2, 0) is 14.2 Å². The molecule has 4 nitrogen and oxygen atoms in total. The summed E-state index contributed by atoms with van der Waals surface area (Å²) in [4.78, 5) is 18.8. The van der Waals surface area contributed by atoms with E-state index in [1.54, 1.807) is 0 Å². The average molecular weight is 106 g/mol. The summed E-state index contributed by atoms with van der Waals surface area (Å²) in [5.74, 6) is -3.51. The maximum Gasteiger partial charge on any atom is 1.00 e. The second kappa shape index (κ2) is 4.75. The molecule has 0 heterocycles. The van der Waals surface area contributed by atoms with Gasteiger partial charge in [0, 0.05) is 0 Å². The van der Waals surface area contributed by atoms with Crippen molar-refractivity contribution in [2.45, 2.75) is 0 Å². The van der Waals surface area contributed by atoms with E-state index in [4.69, 9.17) is 0 Å². The predicted molar refractivity (Wildman–Crippen MR) is 16.9 cm³/mol. The number of hydrogen-bond donors (Lipinski definition) is 0. The third-order valence-electron chi connectivity index (χ3n) is 0.274. The van der Waals surface area contributed by atoms with Gasteiger partial charge in [0.25, 0.3) is 0 Å². The molecule has 0 rings (SSSR count). The maximum absolute atomic E-state index is 9.50. The summed E-state index contributed by atoms with van der Waals surface area (Å²) in [6.07, 6.45) is 0. The third kappa shape index (κ3) is 3.78. The average Bonchev–Trinajstić information content (AvgIpc) is 1.65. The second-order valence-corrected chi connectivity index (χ2v) is 0.693. The Labute approximate surface area is 58.8 Å². The van der Waals surface area contributed by atoms with Gasteiger partial charge in [0.2, 0.25) is 0 Å². The van der Waals surface area contributed by atoms with Crippen LogP contribution in [0.2, 0.25) is 0 Å². The summed E-state index contributed by atoms with van der Waals surface area (Å²) in [6.45, 7) is 0. The zero-order chi connectivity index (χ0) is 5.86. The van der Waals surface area contributed by atoms with Gasteiger partial charge in [0.15, 0.2) is 5.97 Å². The van der Waals surface area contributed by atoms with Gasteiger partial charge < -0.3 is 14.6 Å². The summed E-state index contributed by atoms with van der Waals surface area (Å²) in [7, 11) is 4.10. The molecule has 0 aromatic carbocycles. The van der Waals surface area contributed by atoms with Crippen molar-refractivity contribution in [1.29, 1.82) is 0 Å². The molecule has 0 N–H and O–H groups in total. The van der Waals surface area contributed by atoms with Crippen LogP contribution in [0.3, 0.4) is 0 Å². The molecule has 0 amide bonds. The molecule has 0 unspecified atom stereocenters. The maximum atomic E-state index is 9.50. The number of carboxylic acids is 1. The quantitative estimate of drug-likeness (QED) is 0.228. The van der Waals surface area contributed by atoms with Crippen LogP contribution in [0.1, 0.15) is 0 Å². The first kappa shape index (κ1) is 10.6. The van der Waals surface area contributed by atoms with Gasteiger partial charge in [-0.05, 0) is 0 Å². The van der Waals surface area contributed by atoms with Crippen LogP contribution in [0.4, 0.5) is 0 Å². The van der Waals surface area contributed by atoms with E-state index >= 15 is 0 Å². The van der Waals surface area contributed by atoms with Crippen LogP contribution in [-0.4, -0.2) is 20.0 Å². The zero-order valence-electron chi connectivity index (χ0n) is 4.21. The summed E-state index contributed by atoms with van der Waals surface area (Å²) < 4.78 is 3.21. The van der Waals surface area contributed by atoms with E-state index in [1.165, 1.54) is 0 Å². The standard InChI is InChI=1S/C2HBO4.Li/c3-7-2(6)1(4)5;/h(H,4,5);/q;+1/p-1. The topological polar surface area (TPSA) is 66.4 Å². The van der Waals surface area contributed by atoms with Gasteiger partial charge in [-0.15, -0.1) is 0 Å². The first-order valence-corrected chi connectivity index (χ1v) is 1.30. The van der Waals surface area contributed by atoms with E-state index in [1.807, 2.05) is 0 Å². The summed E-state index contributed by atoms with van der Waals surface area (Å²) in [5.41, 5.74) is 0. The first-order valence-electron chi connectivity index (χ1n) is 1.30. The Balaban J connectivity index is 0. The molecule has 6 heteroatoms. The molecule has 0 aromatic rings. The molecule has 2 radical (unpaired) electrons. The van der Waals surface area contributed by atoms with Crippen molar-refractivity contribution in [1.82, 2.24) is 0 Å². The van der Waals surface area contributed by atoms with Crippen molar-refractivity contribution in [3.63, 3.8) is 0 Å². The Hall–Kier alpha value is -0.398. The van der Waals surface area contributed by atoms with Gasteiger partial charge in [-0.1, -0.05) is 0 Å². The van der Waals surface area contributed by atoms with Gasteiger partial charge in [0.05, 0.1) is 0 Å². The second-order valence-electron chi connectivity index (χ2n) is 0.693. The fourth-order valence-electron chi connectivity index (χ4n) is 0.0481. The van der Waals surface area contributed by atoms with Crippen LogP contribution < -0.4 is 24.0 Å². The van der Waals surface area contributed by atoms with Gasteiger partial charge in [-0.3, -0.25) is 0 Å². The normalized spacial score (nSPS) is 6.50. The van der Waals surface area contributed by atoms with E-state index in [9.17, 15) is 14.7 Å². The first-order chi connectivity index (χ1) is 3.18. The molecular weight excluding hydrogens is 106 g/mol. The van der Waals surface area contributed by atoms with Crippen molar-refractivity contribution in [3.8, 4) is 0 Å². The third-order valence-corrected chi connectivity index (χ3v) is 0.274.